The zero-order valence-corrected chi connectivity index (χ0v) is 20.3. The summed E-state index contributed by atoms with van der Waals surface area (Å²) in [6, 6.07) is 21.4. The van der Waals surface area contributed by atoms with Crippen LogP contribution in [-0.4, -0.2) is 47.1 Å². The van der Waals surface area contributed by atoms with Gasteiger partial charge >= 0.3 is 0 Å². The highest BCUT2D eigenvalue weighted by atomic mass is 28.4. The lowest BCUT2D eigenvalue weighted by Gasteiger charge is -2.45. The van der Waals surface area contributed by atoms with E-state index in [0.29, 0.717) is 6.61 Å². The molecule has 0 radical (unpaired) electrons. The highest BCUT2D eigenvalue weighted by Crippen LogP contribution is 2.53. The first-order valence-corrected chi connectivity index (χ1v) is 12.9. The number of hydrogen-bond acceptors (Lipinski definition) is 4. The number of ether oxygens (including phenoxy) is 3. The smallest absolute Gasteiger partial charge is 0.261 e. The van der Waals surface area contributed by atoms with Crippen LogP contribution >= 0.6 is 0 Å². The Labute approximate surface area is 187 Å². The van der Waals surface area contributed by atoms with Gasteiger partial charge in [0.1, 0.15) is 11.7 Å². The van der Waals surface area contributed by atoms with Gasteiger partial charge in [0.05, 0.1) is 12.5 Å². The molecule has 4 rings (SSSR count). The summed E-state index contributed by atoms with van der Waals surface area (Å²) < 4.78 is 25.2. The van der Waals surface area contributed by atoms with Crippen molar-refractivity contribution < 1.29 is 18.6 Å². The molecule has 1 saturated carbocycles. The predicted octanol–water partition coefficient (Wildman–Crippen LogP) is 3.90. The van der Waals surface area contributed by atoms with E-state index in [2.05, 4.69) is 88.0 Å². The third-order valence-corrected chi connectivity index (χ3v) is 11.9. The molecule has 2 aromatic rings. The molecule has 0 N–H and O–H groups in total. The predicted molar refractivity (Wildman–Crippen MR) is 126 cm³/mol. The molecule has 4 atom stereocenters. The van der Waals surface area contributed by atoms with E-state index in [1.807, 2.05) is 0 Å². The van der Waals surface area contributed by atoms with Crippen molar-refractivity contribution in [3.8, 4) is 0 Å². The van der Waals surface area contributed by atoms with Crippen LogP contribution in [0.2, 0.25) is 5.04 Å². The SMILES string of the molecule is C=C1C[C@]2(CO[Si](c3ccccc3)(c3ccccc3)C(C)(C)C)OC(OC)[C@H]1[C@@H]2OC. The van der Waals surface area contributed by atoms with Crippen LogP contribution in [0, 0.1) is 5.92 Å². The molecule has 0 spiro atoms. The van der Waals surface area contributed by atoms with Crippen LogP contribution in [0.3, 0.4) is 0 Å². The Balaban J connectivity index is 1.79. The maximum atomic E-state index is 7.18. The average molecular weight is 439 g/mol. The zero-order chi connectivity index (χ0) is 22.3. The quantitative estimate of drug-likeness (QED) is 0.485. The van der Waals surface area contributed by atoms with Crippen LogP contribution in [0.25, 0.3) is 0 Å². The fourth-order valence-corrected chi connectivity index (χ4v) is 10.2. The maximum absolute atomic E-state index is 7.18. The first-order chi connectivity index (χ1) is 14.8. The van der Waals surface area contributed by atoms with E-state index in [1.165, 1.54) is 10.4 Å². The molecule has 5 heteroatoms. The van der Waals surface area contributed by atoms with Gasteiger partial charge in [-0.25, -0.2) is 0 Å². The molecule has 0 amide bonds. The molecule has 2 aliphatic rings. The van der Waals surface area contributed by atoms with Crippen molar-refractivity contribution in [3.63, 3.8) is 0 Å². The maximum Gasteiger partial charge on any atom is 0.261 e. The largest absolute Gasteiger partial charge is 0.404 e. The average Bonchev–Trinajstić information content (AvgIpc) is 3.22. The Bertz CT molecular complexity index is 869. The Hall–Kier alpha value is -1.76. The van der Waals surface area contributed by atoms with Gasteiger partial charge in [-0.1, -0.05) is 93.6 Å². The first kappa shape index (κ1) is 22.4. The third-order valence-electron chi connectivity index (χ3n) is 6.92. The van der Waals surface area contributed by atoms with Crippen molar-refractivity contribution in [2.75, 3.05) is 20.8 Å². The van der Waals surface area contributed by atoms with E-state index < -0.39 is 13.9 Å². The Morgan fingerprint density at radius 2 is 1.52 bits per heavy atom. The number of methoxy groups -OCH3 is 2. The molecule has 4 nitrogen and oxygen atoms in total. The minimum atomic E-state index is -2.66. The molecule has 1 saturated heterocycles. The molecule has 1 heterocycles. The van der Waals surface area contributed by atoms with Gasteiger partial charge in [0.25, 0.3) is 8.32 Å². The van der Waals surface area contributed by atoms with Crippen LogP contribution in [0.4, 0.5) is 0 Å². The van der Waals surface area contributed by atoms with E-state index >= 15 is 0 Å². The van der Waals surface area contributed by atoms with Gasteiger partial charge in [-0.3, -0.25) is 0 Å². The van der Waals surface area contributed by atoms with E-state index in [0.717, 1.165) is 12.0 Å². The lowest BCUT2D eigenvalue weighted by Crippen LogP contribution is -2.68. The summed E-state index contributed by atoms with van der Waals surface area (Å²) in [7, 11) is 0.764. The van der Waals surface area contributed by atoms with Gasteiger partial charge in [-0.15, -0.1) is 0 Å². The molecule has 1 unspecified atom stereocenters. The molecular formula is C26H34O4Si. The van der Waals surface area contributed by atoms with Crippen molar-refractivity contribution in [2.45, 2.75) is 50.2 Å². The summed E-state index contributed by atoms with van der Waals surface area (Å²) >= 11 is 0. The summed E-state index contributed by atoms with van der Waals surface area (Å²) in [5, 5.41) is 2.42. The lowest BCUT2D eigenvalue weighted by atomic mass is 10.0. The zero-order valence-electron chi connectivity index (χ0n) is 19.3. The van der Waals surface area contributed by atoms with Gasteiger partial charge in [0.2, 0.25) is 0 Å². The number of hydrogen-bond donors (Lipinski definition) is 0. The molecule has 2 bridgehead atoms. The van der Waals surface area contributed by atoms with Gasteiger partial charge in [-0.2, -0.15) is 0 Å². The highest BCUT2D eigenvalue weighted by molar-refractivity contribution is 6.99. The Morgan fingerprint density at radius 3 is 1.97 bits per heavy atom. The van der Waals surface area contributed by atoms with E-state index in [9.17, 15) is 0 Å². The van der Waals surface area contributed by atoms with Crippen molar-refractivity contribution in [3.05, 3.63) is 72.8 Å². The Kier molecular flexibility index (Phi) is 6.01. The van der Waals surface area contributed by atoms with Crippen molar-refractivity contribution in [1.82, 2.24) is 0 Å². The number of fused-ring (bicyclic) bond motifs is 2. The summed E-state index contributed by atoms with van der Waals surface area (Å²) in [6.07, 6.45) is 0.269. The summed E-state index contributed by atoms with van der Waals surface area (Å²) in [5.41, 5.74) is 0.542. The van der Waals surface area contributed by atoms with E-state index in [1.54, 1.807) is 14.2 Å². The van der Waals surface area contributed by atoms with Gasteiger partial charge in [0.15, 0.2) is 6.29 Å². The van der Waals surface area contributed by atoms with E-state index in [-0.39, 0.29) is 23.4 Å². The van der Waals surface area contributed by atoms with Crippen molar-refractivity contribution in [2.24, 2.45) is 5.92 Å². The third kappa shape index (κ3) is 3.53. The number of rotatable bonds is 7. The molecule has 1 aliphatic carbocycles. The first-order valence-electron chi connectivity index (χ1n) is 11.0. The molecule has 31 heavy (non-hydrogen) atoms. The second-order valence-corrected chi connectivity index (χ2v) is 14.1. The van der Waals surface area contributed by atoms with Crippen LogP contribution in [-0.2, 0) is 18.6 Å². The Morgan fingerprint density at radius 1 is 0.968 bits per heavy atom. The fraction of sp³-hybridized carbons (Fsp3) is 0.462. The number of benzene rings is 2. The van der Waals surface area contributed by atoms with Crippen molar-refractivity contribution in [1.29, 1.82) is 0 Å². The summed E-state index contributed by atoms with van der Waals surface area (Å²) in [4.78, 5) is 0. The monoisotopic (exact) mass is 438 g/mol. The molecule has 166 valence electrons. The standard InChI is InChI=1S/C26H34O4Si/c1-19-17-26(23(27-5)22(19)24(28-6)30-26)18-29-31(25(2,3)4,20-13-9-7-10-14-20)21-15-11-8-12-16-21/h7-16,22-24H,1,17-18H2,2-6H3/t22-,23+,24?,26-/m1/s1. The van der Waals surface area contributed by atoms with Crippen molar-refractivity contribution >= 4 is 18.7 Å². The second kappa shape index (κ2) is 8.30. The molecule has 2 aromatic carbocycles. The second-order valence-electron chi connectivity index (χ2n) is 9.76. The van der Waals surface area contributed by atoms with Crippen LogP contribution < -0.4 is 10.4 Å². The lowest BCUT2D eigenvalue weighted by molar-refractivity contribution is -0.190. The summed E-state index contributed by atoms with van der Waals surface area (Å²) in [5.74, 6) is 0.0396. The fourth-order valence-electron chi connectivity index (χ4n) is 5.61. The molecule has 1 aliphatic heterocycles. The minimum absolute atomic E-state index is 0.0396. The van der Waals surface area contributed by atoms with Gasteiger partial charge in [0, 0.05) is 20.6 Å². The topological polar surface area (TPSA) is 36.9 Å². The molecular weight excluding hydrogens is 404 g/mol. The van der Waals surface area contributed by atoms with Gasteiger partial charge < -0.3 is 18.6 Å². The summed E-state index contributed by atoms with van der Waals surface area (Å²) in [6.45, 7) is 11.6. The van der Waals surface area contributed by atoms with Crippen LogP contribution in [0.15, 0.2) is 72.8 Å². The normalized spacial score (nSPS) is 28.3. The molecule has 0 aromatic heterocycles. The minimum Gasteiger partial charge on any atom is -0.404 e. The van der Waals surface area contributed by atoms with Crippen LogP contribution in [0.5, 0.6) is 0 Å². The molecule has 2 fully saturated rings. The highest BCUT2D eigenvalue weighted by Gasteiger charge is 2.64. The van der Waals surface area contributed by atoms with E-state index in [4.69, 9.17) is 18.6 Å². The van der Waals surface area contributed by atoms with Gasteiger partial charge in [-0.05, 0) is 15.4 Å². The van der Waals surface area contributed by atoms with Crippen LogP contribution in [0.1, 0.15) is 27.2 Å².